The fourth-order valence-corrected chi connectivity index (χ4v) is 3.49. The van der Waals surface area contributed by atoms with Gasteiger partial charge in [0.2, 0.25) is 11.7 Å². The molecule has 2 aliphatic heterocycles. The predicted molar refractivity (Wildman–Crippen MR) is 108 cm³/mol. The minimum Gasteiger partial charge on any atom is -0.475 e. The second-order valence-electron chi connectivity index (χ2n) is 8.57. The molecule has 9 nitrogen and oxygen atoms in total. The van der Waals surface area contributed by atoms with Crippen LogP contribution in [0.1, 0.15) is 39.4 Å². The first-order valence-corrected chi connectivity index (χ1v) is 10.1. The van der Waals surface area contributed by atoms with Crippen molar-refractivity contribution in [2.24, 2.45) is 0 Å². The van der Waals surface area contributed by atoms with Gasteiger partial charge in [-0.3, -0.25) is 0 Å². The van der Waals surface area contributed by atoms with Gasteiger partial charge in [0.25, 0.3) is 0 Å². The Hall–Kier alpha value is -2.60. The molecule has 0 spiro atoms. The van der Waals surface area contributed by atoms with Gasteiger partial charge in [-0.05, 0) is 40.7 Å². The molecule has 3 heterocycles. The van der Waals surface area contributed by atoms with Crippen molar-refractivity contribution in [1.29, 1.82) is 5.26 Å². The van der Waals surface area contributed by atoms with Gasteiger partial charge in [-0.15, -0.1) is 0 Å². The van der Waals surface area contributed by atoms with Crippen molar-refractivity contribution in [2.45, 2.75) is 45.3 Å². The third kappa shape index (κ3) is 5.70. The Morgan fingerprint density at radius 1 is 1.24 bits per heavy atom. The Balaban J connectivity index is 1.66. The zero-order chi connectivity index (χ0) is 21.0. The summed E-state index contributed by atoms with van der Waals surface area (Å²) < 4.78 is 11.4. The molecule has 158 valence electrons. The lowest BCUT2D eigenvalue weighted by Crippen LogP contribution is -2.45. The number of hydrogen-bond acceptors (Lipinski definition) is 8. The molecule has 0 saturated carbocycles. The molecule has 3 rings (SSSR count). The number of carbonyl (C=O) groups excluding carboxylic acids is 1. The maximum Gasteiger partial charge on any atom is 0.410 e. The summed E-state index contributed by atoms with van der Waals surface area (Å²) in [7, 11) is 2.09. The smallest absolute Gasteiger partial charge is 0.410 e. The molecule has 1 aromatic heterocycles. The van der Waals surface area contributed by atoms with Crippen LogP contribution in [-0.2, 0) is 4.74 Å². The average Bonchev–Trinajstić information content (AvgIpc) is 3.14. The number of likely N-dealkylation sites (N-methyl/N-ethyl adjacent to an activating group) is 1. The molecular weight excluding hydrogens is 372 g/mol. The van der Waals surface area contributed by atoms with E-state index in [1.54, 1.807) is 11.0 Å². The van der Waals surface area contributed by atoms with E-state index in [4.69, 9.17) is 9.47 Å². The van der Waals surface area contributed by atoms with Gasteiger partial charge in [-0.25, -0.2) is 9.78 Å². The molecule has 9 heteroatoms. The van der Waals surface area contributed by atoms with Crippen molar-refractivity contribution in [2.75, 3.05) is 51.3 Å². The van der Waals surface area contributed by atoms with Gasteiger partial charge in [-0.2, -0.15) is 10.2 Å². The van der Waals surface area contributed by atoms with Gasteiger partial charge < -0.3 is 24.2 Å². The van der Waals surface area contributed by atoms with Crippen LogP contribution < -0.4 is 9.64 Å². The monoisotopic (exact) mass is 402 g/mol. The third-order valence-electron chi connectivity index (χ3n) is 5.05. The van der Waals surface area contributed by atoms with Crippen molar-refractivity contribution in [1.82, 2.24) is 19.8 Å². The van der Waals surface area contributed by atoms with Crippen LogP contribution in [0.25, 0.3) is 0 Å². The van der Waals surface area contributed by atoms with Crippen LogP contribution in [0.3, 0.4) is 0 Å². The highest BCUT2D eigenvalue weighted by Gasteiger charge is 2.32. The first-order chi connectivity index (χ1) is 13.7. The fraction of sp³-hybridized carbons (Fsp3) is 0.700. The predicted octanol–water partition coefficient (Wildman–Crippen LogP) is 1.88. The van der Waals surface area contributed by atoms with E-state index in [-0.39, 0.29) is 18.0 Å². The number of piperazine rings is 1. The molecule has 0 radical (unpaired) electrons. The lowest BCUT2D eigenvalue weighted by Gasteiger charge is -2.33. The van der Waals surface area contributed by atoms with E-state index in [2.05, 4.69) is 26.8 Å². The third-order valence-corrected chi connectivity index (χ3v) is 5.05. The van der Waals surface area contributed by atoms with Gasteiger partial charge in [0.1, 0.15) is 24.1 Å². The number of ether oxygens (including phenoxy) is 2. The largest absolute Gasteiger partial charge is 0.475 e. The first-order valence-electron chi connectivity index (χ1n) is 10.1. The minimum atomic E-state index is -0.531. The molecule has 29 heavy (non-hydrogen) atoms. The lowest BCUT2D eigenvalue weighted by atomic mass is 10.2. The summed E-state index contributed by atoms with van der Waals surface area (Å²) in [5, 5.41) is 9.30. The maximum absolute atomic E-state index is 12.4. The highest BCUT2D eigenvalue weighted by molar-refractivity contribution is 5.69. The van der Waals surface area contributed by atoms with E-state index in [9.17, 15) is 10.1 Å². The van der Waals surface area contributed by atoms with Crippen molar-refractivity contribution >= 4 is 11.9 Å². The number of aromatic nitrogens is 2. The summed E-state index contributed by atoms with van der Waals surface area (Å²) >= 11 is 0. The summed E-state index contributed by atoms with van der Waals surface area (Å²) in [6, 6.07) is 3.72. The molecule has 1 amide bonds. The Kier molecular flexibility index (Phi) is 6.42. The van der Waals surface area contributed by atoms with Crippen LogP contribution in [0.4, 0.5) is 10.6 Å². The molecule has 0 unspecified atom stereocenters. The van der Waals surface area contributed by atoms with Crippen molar-refractivity contribution < 1.29 is 14.3 Å². The Bertz CT molecular complexity index is 764. The SMILES string of the molecule is CN1CCN(c2cc(OC[C@@H]3CCCN3C(=O)OC(C)(C)C)nc(C#N)n2)CC1. The first kappa shape index (κ1) is 21.1. The number of hydrogen-bond donors (Lipinski definition) is 0. The molecule has 2 aliphatic rings. The summed E-state index contributed by atoms with van der Waals surface area (Å²) in [6.45, 7) is 10.1. The lowest BCUT2D eigenvalue weighted by molar-refractivity contribution is 0.0185. The number of carbonyl (C=O) groups is 1. The second-order valence-corrected chi connectivity index (χ2v) is 8.57. The maximum atomic E-state index is 12.4. The summed E-state index contributed by atoms with van der Waals surface area (Å²) in [5.74, 6) is 1.16. The molecule has 0 bridgehead atoms. The van der Waals surface area contributed by atoms with Crippen LogP contribution in [0.15, 0.2) is 6.07 Å². The van der Waals surface area contributed by atoms with Crippen LogP contribution in [0, 0.1) is 11.3 Å². The summed E-state index contributed by atoms with van der Waals surface area (Å²) in [4.78, 5) is 27.1. The van der Waals surface area contributed by atoms with E-state index >= 15 is 0 Å². The van der Waals surface area contributed by atoms with E-state index < -0.39 is 5.60 Å². The second kappa shape index (κ2) is 8.82. The number of likely N-dealkylation sites (tertiary alicyclic amines) is 1. The zero-order valence-corrected chi connectivity index (χ0v) is 17.7. The Morgan fingerprint density at radius 2 is 1.97 bits per heavy atom. The van der Waals surface area contributed by atoms with E-state index in [0.717, 1.165) is 39.0 Å². The normalized spacial score (nSPS) is 20.4. The summed E-state index contributed by atoms with van der Waals surface area (Å²) in [5.41, 5.74) is -0.531. The van der Waals surface area contributed by atoms with Gasteiger partial charge in [0.05, 0.1) is 6.04 Å². The molecule has 0 N–H and O–H groups in total. The molecular formula is C20H30N6O3. The molecule has 0 aliphatic carbocycles. The minimum absolute atomic E-state index is 0.0718. The van der Waals surface area contributed by atoms with Crippen LogP contribution in [0.2, 0.25) is 0 Å². The quantitative estimate of drug-likeness (QED) is 0.753. The van der Waals surface area contributed by atoms with Crippen molar-refractivity contribution in [3.05, 3.63) is 11.9 Å². The number of nitrogens with zero attached hydrogens (tertiary/aromatic N) is 6. The van der Waals surface area contributed by atoms with E-state index in [0.29, 0.717) is 24.8 Å². The van der Waals surface area contributed by atoms with E-state index in [1.807, 2.05) is 26.8 Å². The molecule has 0 aromatic carbocycles. The standard InChI is InChI=1S/C20H30N6O3/c1-20(2,3)29-19(27)26-7-5-6-15(26)14-28-18-12-17(22-16(13-21)23-18)25-10-8-24(4)9-11-25/h12,15H,5-11,14H2,1-4H3/t15-/m0/s1. The topological polar surface area (TPSA) is 94.8 Å². The van der Waals surface area contributed by atoms with Gasteiger partial charge >= 0.3 is 6.09 Å². The highest BCUT2D eigenvalue weighted by Crippen LogP contribution is 2.23. The van der Waals surface area contributed by atoms with Crippen molar-refractivity contribution in [3.8, 4) is 11.9 Å². The molecule has 1 aromatic rings. The van der Waals surface area contributed by atoms with Crippen LogP contribution in [-0.4, -0.2) is 83.9 Å². The number of nitriles is 1. The number of rotatable bonds is 4. The zero-order valence-electron chi connectivity index (χ0n) is 17.7. The molecule has 2 fully saturated rings. The van der Waals surface area contributed by atoms with E-state index in [1.165, 1.54) is 0 Å². The summed E-state index contributed by atoms with van der Waals surface area (Å²) in [6.07, 6.45) is 1.44. The Labute approximate surface area is 172 Å². The fourth-order valence-electron chi connectivity index (χ4n) is 3.49. The Morgan fingerprint density at radius 3 is 2.62 bits per heavy atom. The average molecular weight is 402 g/mol. The number of anilines is 1. The van der Waals surface area contributed by atoms with Crippen LogP contribution in [0.5, 0.6) is 5.88 Å². The number of amides is 1. The van der Waals surface area contributed by atoms with Gasteiger partial charge in [-0.1, -0.05) is 0 Å². The van der Waals surface area contributed by atoms with Crippen LogP contribution >= 0.6 is 0 Å². The molecule has 1 atom stereocenters. The van der Waals surface area contributed by atoms with Crippen molar-refractivity contribution in [3.63, 3.8) is 0 Å². The highest BCUT2D eigenvalue weighted by atomic mass is 16.6. The van der Waals surface area contributed by atoms with Gasteiger partial charge in [0.15, 0.2) is 0 Å². The van der Waals surface area contributed by atoms with Gasteiger partial charge in [0, 0.05) is 38.8 Å². The molecule has 2 saturated heterocycles.